The van der Waals surface area contributed by atoms with Gasteiger partial charge in [0.1, 0.15) is 0 Å². The number of nitrogens with one attached hydrogen (secondary N) is 1. The number of hydrogen-bond acceptors (Lipinski definition) is 3. The van der Waals surface area contributed by atoms with Gasteiger partial charge in [-0.1, -0.05) is 30.3 Å². The molecule has 0 atom stereocenters. The van der Waals surface area contributed by atoms with Crippen molar-refractivity contribution in [2.75, 3.05) is 26.2 Å². The number of rotatable bonds is 7. The van der Waals surface area contributed by atoms with Crippen molar-refractivity contribution in [3.8, 4) is 0 Å². The second kappa shape index (κ2) is 6.91. The minimum atomic E-state index is 0.344. The molecular formula is C18H28N2O. The summed E-state index contributed by atoms with van der Waals surface area (Å²) in [5.74, 6) is 0. The first-order valence-corrected chi connectivity index (χ1v) is 8.40. The van der Waals surface area contributed by atoms with Crippen LogP contribution in [0.2, 0.25) is 0 Å². The molecule has 0 amide bonds. The Labute approximate surface area is 128 Å². The first kappa shape index (κ1) is 15.0. The van der Waals surface area contributed by atoms with Gasteiger partial charge < -0.3 is 10.4 Å². The van der Waals surface area contributed by atoms with E-state index in [1.54, 1.807) is 0 Å². The molecule has 0 unspecified atom stereocenters. The van der Waals surface area contributed by atoms with Crippen LogP contribution in [0, 0.1) is 5.41 Å². The standard InChI is InChI=1S/C18H28N2O/c21-13-10-18(8-9-18)15-19-17-6-11-20(12-7-17)14-16-4-2-1-3-5-16/h1-5,17,19,21H,6-15H2. The molecule has 3 rings (SSSR count). The molecule has 3 heteroatoms. The second-order valence-electron chi connectivity index (χ2n) is 6.89. The lowest BCUT2D eigenvalue weighted by Crippen LogP contribution is -2.43. The van der Waals surface area contributed by atoms with Crippen LogP contribution in [-0.4, -0.2) is 42.3 Å². The van der Waals surface area contributed by atoms with Crippen molar-refractivity contribution in [3.05, 3.63) is 35.9 Å². The summed E-state index contributed by atoms with van der Waals surface area (Å²) in [6.07, 6.45) is 6.08. The van der Waals surface area contributed by atoms with Gasteiger partial charge in [-0.25, -0.2) is 0 Å². The highest BCUT2D eigenvalue weighted by Crippen LogP contribution is 2.48. The molecule has 1 saturated carbocycles. The van der Waals surface area contributed by atoms with Gasteiger partial charge in [0.05, 0.1) is 0 Å². The minimum absolute atomic E-state index is 0.344. The van der Waals surface area contributed by atoms with Gasteiger partial charge in [-0.15, -0.1) is 0 Å². The van der Waals surface area contributed by atoms with Crippen molar-refractivity contribution in [1.82, 2.24) is 10.2 Å². The number of likely N-dealkylation sites (tertiary alicyclic amines) is 1. The van der Waals surface area contributed by atoms with Crippen molar-refractivity contribution >= 4 is 0 Å². The van der Waals surface area contributed by atoms with Crippen LogP contribution in [0.1, 0.15) is 37.7 Å². The van der Waals surface area contributed by atoms with Gasteiger partial charge in [-0.2, -0.15) is 0 Å². The summed E-state index contributed by atoms with van der Waals surface area (Å²) in [5.41, 5.74) is 1.86. The van der Waals surface area contributed by atoms with E-state index in [0.29, 0.717) is 18.1 Å². The van der Waals surface area contributed by atoms with Crippen LogP contribution >= 0.6 is 0 Å². The summed E-state index contributed by atoms with van der Waals surface area (Å²) in [6, 6.07) is 11.4. The van der Waals surface area contributed by atoms with E-state index < -0.39 is 0 Å². The van der Waals surface area contributed by atoms with Crippen molar-refractivity contribution in [1.29, 1.82) is 0 Å². The lowest BCUT2D eigenvalue weighted by Gasteiger charge is -2.33. The second-order valence-corrected chi connectivity index (χ2v) is 6.89. The molecule has 0 radical (unpaired) electrons. The van der Waals surface area contributed by atoms with Gasteiger partial charge in [0.2, 0.25) is 0 Å². The van der Waals surface area contributed by atoms with Gasteiger partial charge in [0.25, 0.3) is 0 Å². The fourth-order valence-electron chi connectivity index (χ4n) is 3.43. The highest BCUT2D eigenvalue weighted by Gasteiger charge is 2.41. The van der Waals surface area contributed by atoms with Gasteiger partial charge >= 0.3 is 0 Å². The summed E-state index contributed by atoms with van der Waals surface area (Å²) in [7, 11) is 0. The first-order valence-electron chi connectivity index (χ1n) is 8.40. The zero-order valence-corrected chi connectivity index (χ0v) is 12.9. The highest BCUT2D eigenvalue weighted by molar-refractivity contribution is 5.14. The Balaban J connectivity index is 1.37. The molecule has 3 nitrogen and oxygen atoms in total. The lowest BCUT2D eigenvalue weighted by molar-refractivity contribution is 0.182. The quantitative estimate of drug-likeness (QED) is 0.809. The Kier molecular flexibility index (Phi) is 4.94. The third-order valence-corrected chi connectivity index (χ3v) is 5.20. The summed E-state index contributed by atoms with van der Waals surface area (Å²) < 4.78 is 0. The van der Waals surface area contributed by atoms with Gasteiger partial charge in [-0.05, 0) is 56.2 Å². The lowest BCUT2D eigenvalue weighted by atomic mass is 10.00. The van der Waals surface area contributed by atoms with Gasteiger partial charge in [-0.3, -0.25) is 4.90 Å². The Morgan fingerprint density at radius 2 is 1.86 bits per heavy atom. The molecule has 2 aliphatic rings. The topological polar surface area (TPSA) is 35.5 Å². The molecular weight excluding hydrogens is 260 g/mol. The maximum Gasteiger partial charge on any atom is 0.0436 e. The first-order chi connectivity index (χ1) is 10.3. The van der Waals surface area contributed by atoms with E-state index in [1.807, 2.05) is 0 Å². The predicted octanol–water partition coefficient (Wildman–Crippen LogP) is 2.40. The van der Waals surface area contributed by atoms with E-state index in [-0.39, 0.29) is 0 Å². The van der Waals surface area contributed by atoms with Crippen LogP contribution in [0.3, 0.4) is 0 Å². The van der Waals surface area contributed by atoms with Crippen LogP contribution in [0.15, 0.2) is 30.3 Å². The number of aliphatic hydroxyl groups excluding tert-OH is 1. The minimum Gasteiger partial charge on any atom is -0.396 e. The van der Waals surface area contributed by atoms with E-state index in [9.17, 15) is 0 Å². The zero-order chi connectivity index (χ0) is 14.5. The molecule has 2 N–H and O–H groups in total. The zero-order valence-electron chi connectivity index (χ0n) is 12.9. The van der Waals surface area contributed by atoms with Gasteiger partial charge in [0.15, 0.2) is 0 Å². The van der Waals surface area contributed by atoms with Crippen LogP contribution in [0.4, 0.5) is 0 Å². The molecule has 0 aromatic heterocycles. The van der Waals surface area contributed by atoms with E-state index in [1.165, 1.54) is 44.3 Å². The van der Waals surface area contributed by atoms with Crippen molar-refractivity contribution in [2.24, 2.45) is 5.41 Å². The van der Waals surface area contributed by atoms with Crippen LogP contribution in [0.25, 0.3) is 0 Å². The molecule has 1 aromatic carbocycles. The molecule has 1 saturated heterocycles. The van der Waals surface area contributed by atoms with Crippen molar-refractivity contribution in [2.45, 2.75) is 44.7 Å². The smallest absolute Gasteiger partial charge is 0.0436 e. The molecule has 2 fully saturated rings. The third-order valence-electron chi connectivity index (χ3n) is 5.20. The number of nitrogens with zero attached hydrogens (tertiary/aromatic N) is 1. The molecule has 1 aromatic rings. The van der Waals surface area contributed by atoms with Crippen LogP contribution < -0.4 is 5.32 Å². The largest absolute Gasteiger partial charge is 0.396 e. The maximum atomic E-state index is 9.12. The average Bonchev–Trinajstić information content (AvgIpc) is 3.28. The summed E-state index contributed by atoms with van der Waals surface area (Å²) in [5, 5.41) is 12.9. The van der Waals surface area contributed by atoms with E-state index in [2.05, 4.69) is 40.5 Å². The Morgan fingerprint density at radius 3 is 2.48 bits per heavy atom. The summed E-state index contributed by atoms with van der Waals surface area (Å²) in [6.45, 7) is 4.93. The summed E-state index contributed by atoms with van der Waals surface area (Å²) in [4.78, 5) is 2.56. The molecule has 116 valence electrons. The fraction of sp³-hybridized carbons (Fsp3) is 0.667. The maximum absolute atomic E-state index is 9.12. The molecule has 0 bridgehead atoms. The van der Waals surface area contributed by atoms with Crippen molar-refractivity contribution in [3.63, 3.8) is 0 Å². The van der Waals surface area contributed by atoms with Crippen LogP contribution in [-0.2, 0) is 6.54 Å². The number of aliphatic hydroxyl groups is 1. The molecule has 21 heavy (non-hydrogen) atoms. The average molecular weight is 288 g/mol. The molecule has 1 heterocycles. The SMILES string of the molecule is OCCC1(CNC2CCN(Cc3ccccc3)CC2)CC1. The molecule has 1 aliphatic carbocycles. The molecule has 1 aliphatic heterocycles. The number of hydrogen-bond donors (Lipinski definition) is 2. The molecule has 0 spiro atoms. The third kappa shape index (κ3) is 4.29. The fourth-order valence-corrected chi connectivity index (χ4v) is 3.43. The van der Waals surface area contributed by atoms with Gasteiger partial charge in [0, 0.05) is 25.7 Å². The Morgan fingerprint density at radius 1 is 1.14 bits per heavy atom. The number of piperidine rings is 1. The van der Waals surface area contributed by atoms with Crippen molar-refractivity contribution < 1.29 is 5.11 Å². The normalized spacial score (nSPS) is 22.3. The van der Waals surface area contributed by atoms with E-state index >= 15 is 0 Å². The van der Waals surface area contributed by atoms with E-state index in [4.69, 9.17) is 5.11 Å². The predicted molar refractivity (Wildman–Crippen MR) is 86.1 cm³/mol. The highest BCUT2D eigenvalue weighted by atomic mass is 16.3. The van der Waals surface area contributed by atoms with Crippen LogP contribution in [0.5, 0.6) is 0 Å². The summed E-state index contributed by atoms with van der Waals surface area (Å²) >= 11 is 0. The Hall–Kier alpha value is -0.900. The van der Waals surface area contributed by atoms with E-state index in [0.717, 1.165) is 19.5 Å². The monoisotopic (exact) mass is 288 g/mol. The number of benzene rings is 1. The Bertz CT molecular complexity index is 422.